The first-order valence-corrected chi connectivity index (χ1v) is 7.13. The van der Waals surface area contributed by atoms with Crippen LogP contribution in [0.2, 0.25) is 0 Å². The average Bonchev–Trinajstić information content (AvgIpc) is 2.52. The highest BCUT2D eigenvalue weighted by atomic mass is 19.4. The molecule has 3 N–H and O–H groups in total. The van der Waals surface area contributed by atoms with E-state index in [1.165, 1.54) is 36.4 Å². The van der Waals surface area contributed by atoms with Crippen molar-refractivity contribution in [1.29, 1.82) is 0 Å². The van der Waals surface area contributed by atoms with Crippen LogP contribution in [-0.4, -0.2) is 25.5 Å². The lowest BCUT2D eigenvalue weighted by atomic mass is 10.3. The zero-order valence-corrected chi connectivity index (χ0v) is 12.9. The van der Waals surface area contributed by atoms with Gasteiger partial charge in [-0.3, -0.25) is 0 Å². The number of aliphatic imine (C=N–C) groups is 1. The molecule has 0 heterocycles. The van der Waals surface area contributed by atoms with Gasteiger partial charge in [-0.15, -0.1) is 13.2 Å². The molecule has 0 aliphatic heterocycles. The molecule has 0 fully saturated rings. The van der Waals surface area contributed by atoms with Crippen LogP contribution in [0.25, 0.3) is 0 Å². The summed E-state index contributed by atoms with van der Waals surface area (Å²) in [6.07, 6.45) is -4.82. The van der Waals surface area contributed by atoms with E-state index in [0.717, 1.165) is 6.07 Å². The summed E-state index contributed by atoms with van der Waals surface area (Å²) in [6.45, 7) is 0.240. The van der Waals surface area contributed by atoms with Gasteiger partial charge in [0.05, 0.1) is 12.2 Å². The minimum atomic E-state index is -4.82. The summed E-state index contributed by atoms with van der Waals surface area (Å²) < 4.78 is 59.2. The predicted octanol–water partition coefficient (Wildman–Crippen LogP) is 3.53. The molecule has 0 radical (unpaired) electrons. The monoisotopic (exact) mass is 357 g/mol. The summed E-state index contributed by atoms with van der Waals surface area (Å²) in [7, 11) is 0. The number of anilines is 1. The minimum Gasteiger partial charge on any atom is -0.492 e. The highest BCUT2D eigenvalue weighted by Gasteiger charge is 2.32. The maximum Gasteiger partial charge on any atom is 0.573 e. The Morgan fingerprint density at radius 1 is 1.12 bits per heavy atom. The number of para-hydroxylation sites is 2. The van der Waals surface area contributed by atoms with Crippen LogP contribution in [-0.2, 0) is 0 Å². The van der Waals surface area contributed by atoms with Crippen LogP contribution >= 0.6 is 0 Å². The molecule has 0 bridgehead atoms. The maximum atomic E-state index is 13.0. The molecule has 0 aromatic heterocycles. The fraction of sp³-hybridized carbons (Fsp3) is 0.188. The van der Waals surface area contributed by atoms with Crippen LogP contribution in [0.3, 0.4) is 0 Å². The first kappa shape index (κ1) is 18.4. The van der Waals surface area contributed by atoms with Crippen LogP contribution in [0, 0.1) is 5.82 Å². The van der Waals surface area contributed by atoms with E-state index < -0.39 is 17.9 Å². The Morgan fingerprint density at radius 2 is 1.88 bits per heavy atom. The van der Waals surface area contributed by atoms with Crippen molar-refractivity contribution in [3.8, 4) is 11.5 Å². The Bertz CT molecular complexity index is 735. The highest BCUT2D eigenvalue weighted by molar-refractivity contribution is 5.93. The molecule has 0 spiro atoms. The van der Waals surface area contributed by atoms with Crippen molar-refractivity contribution in [3.05, 3.63) is 54.3 Å². The minimum absolute atomic E-state index is 0.0205. The number of halogens is 4. The van der Waals surface area contributed by atoms with Gasteiger partial charge < -0.3 is 20.5 Å². The molecular weight excluding hydrogens is 342 g/mol. The predicted molar refractivity (Wildman–Crippen MR) is 85.1 cm³/mol. The van der Waals surface area contributed by atoms with Gasteiger partial charge in [0.1, 0.15) is 18.2 Å². The summed E-state index contributed by atoms with van der Waals surface area (Å²) in [5.74, 6) is -0.626. The fourth-order valence-electron chi connectivity index (χ4n) is 1.85. The van der Waals surface area contributed by atoms with Gasteiger partial charge in [-0.2, -0.15) is 0 Å². The third-order valence-electron chi connectivity index (χ3n) is 2.81. The molecule has 2 rings (SSSR count). The van der Waals surface area contributed by atoms with E-state index in [1.54, 1.807) is 6.07 Å². The van der Waals surface area contributed by atoms with E-state index in [4.69, 9.17) is 10.5 Å². The summed E-state index contributed by atoms with van der Waals surface area (Å²) in [4.78, 5) is 3.92. The molecule has 0 amide bonds. The van der Waals surface area contributed by atoms with Crippen LogP contribution in [0.1, 0.15) is 0 Å². The molecule has 134 valence electrons. The number of hydrogen-bond donors (Lipinski definition) is 2. The molecular formula is C16H15F4N3O2. The lowest BCUT2D eigenvalue weighted by molar-refractivity contribution is -0.274. The first-order chi connectivity index (χ1) is 11.8. The Morgan fingerprint density at radius 3 is 2.60 bits per heavy atom. The van der Waals surface area contributed by atoms with Gasteiger partial charge in [-0.1, -0.05) is 18.2 Å². The van der Waals surface area contributed by atoms with Crippen LogP contribution in [0.15, 0.2) is 53.5 Å². The third-order valence-corrected chi connectivity index (χ3v) is 2.81. The molecule has 2 aromatic carbocycles. The number of nitrogens with two attached hydrogens (primary N) is 1. The van der Waals surface area contributed by atoms with Crippen molar-refractivity contribution in [2.75, 3.05) is 18.5 Å². The van der Waals surface area contributed by atoms with E-state index >= 15 is 0 Å². The summed E-state index contributed by atoms with van der Waals surface area (Å²) in [6, 6.07) is 11.0. The zero-order chi connectivity index (χ0) is 18.3. The number of rotatable bonds is 6. The molecule has 0 aliphatic carbocycles. The zero-order valence-electron chi connectivity index (χ0n) is 12.9. The quantitative estimate of drug-likeness (QED) is 0.359. The number of guanidine groups is 1. The second-order valence-electron chi connectivity index (χ2n) is 4.74. The normalized spacial score (nSPS) is 11.9. The third kappa shape index (κ3) is 6.58. The van der Waals surface area contributed by atoms with Crippen molar-refractivity contribution >= 4 is 11.6 Å². The van der Waals surface area contributed by atoms with Gasteiger partial charge in [0.2, 0.25) is 0 Å². The largest absolute Gasteiger partial charge is 0.573 e. The number of benzene rings is 2. The van der Waals surface area contributed by atoms with E-state index in [1.807, 2.05) is 0 Å². The molecule has 5 nitrogen and oxygen atoms in total. The Labute approximate surface area is 141 Å². The summed E-state index contributed by atoms with van der Waals surface area (Å²) in [5, 5.41) is 2.53. The van der Waals surface area contributed by atoms with E-state index in [2.05, 4.69) is 15.0 Å². The number of hydrogen-bond acceptors (Lipinski definition) is 3. The Balaban J connectivity index is 1.89. The van der Waals surface area contributed by atoms with E-state index in [-0.39, 0.29) is 24.8 Å². The topological polar surface area (TPSA) is 68.9 Å². The molecule has 0 unspecified atom stereocenters. The summed E-state index contributed by atoms with van der Waals surface area (Å²) >= 11 is 0. The fourth-order valence-corrected chi connectivity index (χ4v) is 1.85. The van der Waals surface area contributed by atoms with E-state index in [0.29, 0.717) is 5.75 Å². The van der Waals surface area contributed by atoms with Crippen molar-refractivity contribution < 1.29 is 27.0 Å². The molecule has 0 saturated carbocycles. The number of nitrogens with zero attached hydrogens (tertiary/aromatic N) is 1. The second-order valence-corrected chi connectivity index (χ2v) is 4.74. The maximum absolute atomic E-state index is 13.0. The number of ether oxygens (including phenoxy) is 2. The van der Waals surface area contributed by atoms with Crippen molar-refractivity contribution in [2.45, 2.75) is 6.36 Å². The van der Waals surface area contributed by atoms with Crippen LogP contribution in [0.4, 0.5) is 23.2 Å². The van der Waals surface area contributed by atoms with Gasteiger partial charge in [0, 0.05) is 6.07 Å². The van der Waals surface area contributed by atoms with Crippen molar-refractivity contribution in [1.82, 2.24) is 0 Å². The summed E-state index contributed by atoms with van der Waals surface area (Å²) in [5.41, 5.74) is 5.65. The van der Waals surface area contributed by atoms with Crippen molar-refractivity contribution in [2.24, 2.45) is 10.7 Å². The van der Waals surface area contributed by atoms with Gasteiger partial charge in [0.15, 0.2) is 11.7 Å². The Kier molecular flexibility index (Phi) is 6.04. The van der Waals surface area contributed by atoms with Gasteiger partial charge in [-0.05, 0) is 24.3 Å². The molecule has 0 atom stereocenters. The van der Waals surface area contributed by atoms with Crippen LogP contribution < -0.4 is 20.5 Å². The average molecular weight is 357 g/mol. The number of nitrogens with one attached hydrogen (secondary N) is 1. The van der Waals surface area contributed by atoms with Gasteiger partial charge >= 0.3 is 6.36 Å². The molecule has 25 heavy (non-hydrogen) atoms. The lowest BCUT2D eigenvalue weighted by Gasteiger charge is -2.14. The smallest absolute Gasteiger partial charge is 0.492 e. The van der Waals surface area contributed by atoms with Crippen molar-refractivity contribution in [3.63, 3.8) is 0 Å². The van der Waals surface area contributed by atoms with Gasteiger partial charge in [-0.25, -0.2) is 9.38 Å². The van der Waals surface area contributed by atoms with Crippen LogP contribution in [0.5, 0.6) is 11.5 Å². The first-order valence-electron chi connectivity index (χ1n) is 7.13. The standard InChI is InChI=1S/C16H15F4N3O2/c17-11-4-3-5-12(10-11)24-9-8-22-15(21)23-13-6-1-2-7-14(13)25-16(18,19)20/h1-7,10H,8-9H2,(H3,21,22,23). The lowest BCUT2D eigenvalue weighted by Crippen LogP contribution is -2.25. The van der Waals surface area contributed by atoms with Gasteiger partial charge in [0.25, 0.3) is 0 Å². The molecule has 2 aromatic rings. The molecule has 0 aliphatic rings. The highest BCUT2D eigenvalue weighted by Crippen LogP contribution is 2.29. The molecule has 9 heteroatoms. The van der Waals surface area contributed by atoms with E-state index in [9.17, 15) is 17.6 Å². The SMILES string of the molecule is NC(=NCCOc1cccc(F)c1)Nc1ccccc1OC(F)(F)F. The second kappa shape index (κ2) is 8.22. The number of alkyl halides is 3. The molecule has 0 saturated heterocycles. The Hall–Kier alpha value is -2.97.